The van der Waals surface area contributed by atoms with E-state index in [1.54, 1.807) is 0 Å². The van der Waals surface area contributed by atoms with E-state index in [0.29, 0.717) is 0 Å². The van der Waals surface area contributed by atoms with Gasteiger partial charge in [-0.25, -0.2) is 0 Å². The molecule has 1 nitrogen and oxygen atoms in total. The number of benzene rings is 1. The molecule has 15 heavy (non-hydrogen) atoms. The van der Waals surface area contributed by atoms with Gasteiger partial charge in [0.2, 0.25) is 0 Å². The van der Waals surface area contributed by atoms with Crippen molar-refractivity contribution in [2.75, 3.05) is 0 Å². The highest BCUT2D eigenvalue weighted by Gasteiger charge is 2.15. The van der Waals surface area contributed by atoms with Gasteiger partial charge in [0.15, 0.2) is 0 Å². The van der Waals surface area contributed by atoms with Crippen LogP contribution in [0.3, 0.4) is 0 Å². The van der Waals surface area contributed by atoms with Gasteiger partial charge in [0.1, 0.15) is 0 Å². The van der Waals surface area contributed by atoms with Crippen LogP contribution in [0.15, 0.2) is 48.6 Å². The molecule has 2 rings (SSSR count). The third-order valence-electron chi connectivity index (χ3n) is 2.74. The first-order valence-corrected chi connectivity index (χ1v) is 5.44. The van der Waals surface area contributed by atoms with Gasteiger partial charge >= 0.3 is 0 Å². The molecule has 1 unspecified atom stereocenters. The monoisotopic (exact) mass is 200 g/mol. The first kappa shape index (κ1) is 10.2. The van der Waals surface area contributed by atoms with Crippen LogP contribution in [0.2, 0.25) is 0 Å². The Hall–Kier alpha value is -1.34. The molecule has 78 valence electrons. The number of allylic oxidation sites excluding steroid dienone is 1. The largest absolute Gasteiger partial charge is 0.392 e. The molecule has 1 aliphatic rings. The summed E-state index contributed by atoms with van der Waals surface area (Å²) in [6.45, 7) is 0. The highest BCUT2D eigenvalue weighted by atomic mass is 16.3. The fourth-order valence-corrected chi connectivity index (χ4v) is 1.82. The minimum atomic E-state index is -0.213. The van der Waals surface area contributed by atoms with Gasteiger partial charge in [-0.1, -0.05) is 54.6 Å². The molecule has 1 heteroatoms. The molecule has 0 heterocycles. The molecule has 0 spiro atoms. The predicted octanol–water partition coefficient (Wildman–Crippen LogP) is 3.03. The van der Waals surface area contributed by atoms with Crippen LogP contribution in [0.25, 0.3) is 6.08 Å². The van der Waals surface area contributed by atoms with Crippen molar-refractivity contribution in [2.45, 2.75) is 18.9 Å². The van der Waals surface area contributed by atoms with E-state index in [-0.39, 0.29) is 12.0 Å². The first-order chi connectivity index (χ1) is 7.36. The maximum absolute atomic E-state index is 9.74. The second-order valence-electron chi connectivity index (χ2n) is 3.92. The Morgan fingerprint density at radius 1 is 1.20 bits per heavy atom. The van der Waals surface area contributed by atoms with Gasteiger partial charge in [-0.3, -0.25) is 0 Å². The lowest BCUT2D eigenvalue weighted by molar-refractivity contribution is 0.135. The highest BCUT2D eigenvalue weighted by molar-refractivity contribution is 5.49. The number of hydrogen-bond donors (Lipinski definition) is 1. The van der Waals surface area contributed by atoms with Gasteiger partial charge in [0.05, 0.1) is 6.10 Å². The van der Waals surface area contributed by atoms with E-state index >= 15 is 0 Å². The Morgan fingerprint density at radius 3 is 2.73 bits per heavy atom. The number of aliphatic hydroxyl groups excluding tert-OH is 1. The molecular formula is C14H16O. The smallest absolute Gasteiger partial charge is 0.0640 e. The Bertz CT molecular complexity index is 351. The van der Waals surface area contributed by atoms with Crippen molar-refractivity contribution in [2.24, 2.45) is 5.92 Å². The summed E-state index contributed by atoms with van der Waals surface area (Å²) in [6.07, 6.45) is 10.0. The number of rotatable bonds is 2. The van der Waals surface area contributed by atoms with Gasteiger partial charge in [-0.15, -0.1) is 0 Å². The van der Waals surface area contributed by atoms with Crippen molar-refractivity contribution < 1.29 is 5.11 Å². The predicted molar refractivity (Wildman–Crippen MR) is 63.3 cm³/mol. The standard InChI is InChI=1S/C14H16O/c15-14-9-5-4-8-13(14)11-10-12-6-2-1-3-7-12/h1-4,6-8,10-11,13-15H,5,9H2/b11-10-/t13?,14-/m1/s1. The summed E-state index contributed by atoms with van der Waals surface area (Å²) >= 11 is 0. The molecule has 0 saturated heterocycles. The van der Waals surface area contributed by atoms with E-state index in [0.717, 1.165) is 12.8 Å². The van der Waals surface area contributed by atoms with Gasteiger partial charge < -0.3 is 5.11 Å². The fourth-order valence-electron chi connectivity index (χ4n) is 1.82. The summed E-state index contributed by atoms with van der Waals surface area (Å²) in [6, 6.07) is 10.2. The average molecular weight is 200 g/mol. The van der Waals surface area contributed by atoms with Crippen LogP contribution in [0.5, 0.6) is 0 Å². The second-order valence-corrected chi connectivity index (χ2v) is 3.92. The lowest BCUT2D eigenvalue weighted by Gasteiger charge is -2.19. The maximum Gasteiger partial charge on any atom is 0.0640 e. The SMILES string of the molecule is O[C@@H]1CCC=CC1/C=C\c1ccccc1. The number of aliphatic hydroxyl groups is 1. The summed E-state index contributed by atoms with van der Waals surface area (Å²) in [4.78, 5) is 0. The summed E-state index contributed by atoms with van der Waals surface area (Å²) in [5.74, 6) is 0.180. The van der Waals surface area contributed by atoms with Gasteiger partial charge in [-0.2, -0.15) is 0 Å². The van der Waals surface area contributed by atoms with Crippen LogP contribution < -0.4 is 0 Å². The van der Waals surface area contributed by atoms with Crippen LogP contribution in [0.4, 0.5) is 0 Å². The summed E-state index contributed by atoms with van der Waals surface area (Å²) in [7, 11) is 0. The van der Waals surface area contributed by atoms with Crippen molar-refractivity contribution in [1.82, 2.24) is 0 Å². The van der Waals surface area contributed by atoms with Crippen LogP contribution in [0, 0.1) is 5.92 Å². The van der Waals surface area contributed by atoms with Gasteiger partial charge in [0, 0.05) is 5.92 Å². The third-order valence-corrected chi connectivity index (χ3v) is 2.74. The topological polar surface area (TPSA) is 20.2 Å². The summed E-state index contributed by atoms with van der Waals surface area (Å²) in [5, 5.41) is 9.74. The maximum atomic E-state index is 9.74. The Balaban J connectivity index is 2.05. The molecular weight excluding hydrogens is 184 g/mol. The van der Waals surface area contributed by atoms with Gasteiger partial charge in [-0.05, 0) is 18.4 Å². The molecule has 1 aliphatic carbocycles. The second kappa shape index (κ2) is 4.94. The lowest BCUT2D eigenvalue weighted by Crippen LogP contribution is -2.18. The minimum absolute atomic E-state index is 0.180. The highest BCUT2D eigenvalue weighted by Crippen LogP contribution is 2.20. The molecule has 0 radical (unpaired) electrons. The van der Waals surface area contributed by atoms with E-state index in [1.807, 2.05) is 18.2 Å². The Kier molecular flexibility index (Phi) is 3.36. The molecule has 2 atom stereocenters. The zero-order chi connectivity index (χ0) is 10.5. The van der Waals surface area contributed by atoms with Crippen molar-refractivity contribution >= 4 is 6.08 Å². The van der Waals surface area contributed by atoms with E-state index in [4.69, 9.17) is 0 Å². The van der Waals surface area contributed by atoms with Crippen LogP contribution >= 0.6 is 0 Å². The third kappa shape index (κ3) is 2.80. The molecule has 0 saturated carbocycles. The van der Waals surface area contributed by atoms with E-state index in [1.165, 1.54) is 5.56 Å². The Morgan fingerprint density at radius 2 is 2.00 bits per heavy atom. The molecule has 0 fully saturated rings. The molecule has 0 aliphatic heterocycles. The molecule has 0 amide bonds. The van der Waals surface area contributed by atoms with Crippen LogP contribution in [0.1, 0.15) is 18.4 Å². The molecule has 1 aromatic carbocycles. The van der Waals surface area contributed by atoms with Crippen molar-refractivity contribution in [3.63, 3.8) is 0 Å². The van der Waals surface area contributed by atoms with Crippen molar-refractivity contribution in [3.8, 4) is 0 Å². The number of hydrogen-bond acceptors (Lipinski definition) is 1. The van der Waals surface area contributed by atoms with Crippen LogP contribution in [-0.4, -0.2) is 11.2 Å². The Labute approximate surface area is 90.8 Å². The van der Waals surface area contributed by atoms with Crippen molar-refractivity contribution in [3.05, 3.63) is 54.1 Å². The molecule has 1 aromatic rings. The molecule has 0 aromatic heterocycles. The summed E-state index contributed by atoms with van der Waals surface area (Å²) < 4.78 is 0. The van der Waals surface area contributed by atoms with Gasteiger partial charge in [0.25, 0.3) is 0 Å². The summed E-state index contributed by atoms with van der Waals surface area (Å²) in [5.41, 5.74) is 1.18. The van der Waals surface area contributed by atoms with E-state index in [9.17, 15) is 5.11 Å². The zero-order valence-corrected chi connectivity index (χ0v) is 8.71. The minimum Gasteiger partial charge on any atom is -0.392 e. The lowest BCUT2D eigenvalue weighted by atomic mass is 9.92. The molecule has 1 N–H and O–H groups in total. The van der Waals surface area contributed by atoms with E-state index in [2.05, 4.69) is 36.4 Å². The molecule has 0 bridgehead atoms. The van der Waals surface area contributed by atoms with E-state index < -0.39 is 0 Å². The van der Waals surface area contributed by atoms with Crippen LogP contribution in [-0.2, 0) is 0 Å². The normalized spacial score (nSPS) is 25.9. The fraction of sp³-hybridized carbons (Fsp3) is 0.286. The first-order valence-electron chi connectivity index (χ1n) is 5.44. The zero-order valence-electron chi connectivity index (χ0n) is 8.71. The van der Waals surface area contributed by atoms with Crippen molar-refractivity contribution in [1.29, 1.82) is 0 Å². The average Bonchev–Trinajstić information content (AvgIpc) is 2.29. The quantitative estimate of drug-likeness (QED) is 0.727.